The standard InChI is InChI=1S/C11H19N5O3/c1-19-5-4-14-10(17)2-3-13-11(18)8-16-7-9(12)6-15-16/h6-7H,2-5,8,12H2,1H3,(H,13,18)(H,14,17). The minimum atomic E-state index is -0.215. The van der Waals surface area contributed by atoms with Gasteiger partial charge in [0.15, 0.2) is 0 Å². The topological polar surface area (TPSA) is 111 Å². The maximum atomic E-state index is 11.5. The molecule has 8 nitrogen and oxygen atoms in total. The van der Waals surface area contributed by atoms with Crippen molar-refractivity contribution in [2.75, 3.05) is 32.5 Å². The maximum Gasteiger partial charge on any atom is 0.241 e. The summed E-state index contributed by atoms with van der Waals surface area (Å²) in [5, 5.41) is 9.18. The largest absolute Gasteiger partial charge is 0.396 e. The fraction of sp³-hybridized carbons (Fsp3) is 0.545. The van der Waals surface area contributed by atoms with Gasteiger partial charge in [-0.15, -0.1) is 0 Å². The third kappa shape index (κ3) is 6.41. The SMILES string of the molecule is COCCNC(=O)CCNC(=O)Cn1cc(N)cn1. The van der Waals surface area contributed by atoms with Crippen molar-refractivity contribution in [3.05, 3.63) is 12.4 Å². The molecule has 19 heavy (non-hydrogen) atoms. The van der Waals surface area contributed by atoms with Gasteiger partial charge in [0, 0.05) is 32.8 Å². The van der Waals surface area contributed by atoms with E-state index in [1.54, 1.807) is 13.3 Å². The zero-order valence-electron chi connectivity index (χ0n) is 10.9. The third-order valence-corrected chi connectivity index (χ3v) is 2.26. The first-order valence-corrected chi connectivity index (χ1v) is 5.92. The van der Waals surface area contributed by atoms with E-state index in [2.05, 4.69) is 15.7 Å². The molecule has 0 bridgehead atoms. The molecule has 1 rings (SSSR count). The normalized spacial score (nSPS) is 10.2. The molecule has 2 amide bonds. The monoisotopic (exact) mass is 269 g/mol. The summed E-state index contributed by atoms with van der Waals surface area (Å²) in [4.78, 5) is 22.8. The molecule has 0 saturated heterocycles. The lowest BCUT2D eigenvalue weighted by Gasteiger charge is -2.06. The van der Waals surface area contributed by atoms with Crippen LogP contribution in [0.15, 0.2) is 12.4 Å². The number of carbonyl (C=O) groups excluding carboxylic acids is 2. The number of hydrogen-bond donors (Lipinski definition) is 3. The Bertz CT molecular complexity index is 418. The van der Waals surface area contributed by atoms with E-state index in [4.69, 9.17) is 10.5 Å². The predicted octanol–water partition coefficient (Wildman–Crippen LogP) is -1.27. The van der Waals surface area contributed by atoms with Gasteiger partial charge in [-0.05, 0) is 0 Å². The molecular weight excluding hydrogens is 250 g/mol. The molecule has 4 N–H and O–H groups in total. The predicted molar refractivity (Wildman–Crippen MR) is 69.2 cm³/mol. The van der Waals surface area contributed by atoms with Crippen LogP contribution in [0.4, 0.5) is 5.69 Å². The molecule has 0 fully saturated rings. The summed E-state index contributed by atoms with van der Waals surface area (Å²) in [6, 6.07) is 0. The number of carbonyl (C=O) groups is 2. The highest BCUT2D eigenvalue weighted by molar-refractivity contribution is 5.78. The van der Waals surface area contributed by atoms with Gasteiger partial charge >= 0.3 is 0 Å². The third-order valence-electron chi connectivity index (χ3n) is 2.26. The molecule has 1 aromatic rings. The lowest BCUT2D eigenvalue weighted by molar-refractivity contribution is -0.122. The van der Waals surface area contributed by atoms with Crippen LogP contribution < -0.4 is 16.4 Å². The van der Waals surface area contributed by atoms with E-state index in [1.165, 1.54) is 10.9 Å². The number of amides is 2. The van der Waals surface area contributed by atoms with E-state index >= 15 is 0 Å². The summed E-state index contributed by atoms with van der Waals surface area (Å²) >= 11 is 0. The van der Waals surface area contributed by atoms with Crippen molar-refractivity contribution in [1.82, 2.24) is 20.4 Å². The second-order valence-corrected chi connectivity index (χ2v) is 3.91. The van der Waals surface area contributed by atoms with Crippen molar-refractivity contribution in [3.63, 3.8) is 0 Å². The Kier molecular flexibility index (Phi) is 6.37. The highest BCUT2D eigenvalue weighted by Gasteiger charge is 2.05. The van der Waals surface area contributed by atoms with Crippen LogP contribution in [0, 0.1) is 0 Å². The number of anilines is 1. The number of methoxy groups -OCH3 is 1. The Hall–Kier alpha value is -2.09. The number of ether oxygens (including phenoxy) is 1. The minimum absolute atomic E-state index is 0.0858. The van der Waals surface area contributed by atoms with E-state index in [0.717, 1.165) is 0 Å². The average molecular weight is 269 g/mol. The van der Waals surface area contributed by atoms with Gasteiger partial charge in [-0.3, -0.25) is 14.3 Å². The fourth-order valence-electron chi connectivity index (χ4n) is 1.37. The van der Waals surface area contributed by atoms with E-state index in [-0.39, 0.29) is 31.3 Å². The van der Waals surface area contributed by atoms with Crippen LogP contribution in [0.2, 0.25) is 0 Å². The highest BCUT2D eigenvalue weighted by atomic mass is 16.5. The van der Waals surface area contributed by atoms with Crippen molar-refractivity contribution >= 4 is 17.5 Å². The second-order valence-electron chi connectivity index (χ2n) is 3.91. The number of nitrogens with zero attached hydrogens (tertiary/aromatic N) is 2. The lowest BCUT2D eigenvalue weighted by Crippen LogP contribution is -2.33. The van der Waals surface area contributed by atoms with Crippen molar-refractivity contribution < 1.29 is 14.3 Å². The van der Waals surface area contributed by atoms with Crippen molar-refractivity contribution in [1.29, 1.82) is 0 Å². The van der Waals surface area contributed by atoms with Gasteiger partial charge in [-0.2, -0.15) is 5.10 Å². The summed E-state index contributed by atoms with van der Waals surface area (Å²) in [6.07, 6.45) is 3.27. The molecule has 0 aliphatic carbocycles. The molecule has 0 unspecified atom stereocenters. The van der Waals surface area contributed by atoms with Gasteiger partial charge in [-0.1, -0.05) is 0 Å². The molecule has 0 atom stereocenters. The smallest absolute Gasteiger partial charge is 0.241 e. The first kappa shape index (κ1) is 15.0. The summed E-state index contributed by atoms with van der Waals surface area (Å²) < 4.78 is 6.23. The fourth-order valence-corrected chi connectivity index (χ4v) is 1.37. The second kappa shape index (κ2) is 8.09. The number of aromatic nitrogens is 2. The Labute approximate surface area is 111 Å². The zero-order chi connectivity index (χ0) is 14.1. The molecular formula is C11H19N5O3. The Morgan fingerprint density at radius 3 is 2.74 bits per heavy atom. The van der Waals surface area contributed by atoms with Gasteiger partial charge in [-0.25, -0.2) is 0 Å². The lowest BCUT2D eigenvalue weighted by atomic mass is 10.4. The van der Waals surface area contributed by atoms with Crippen LogP contribution in [0.25, 0.3) is 0 Å². The number of rotatable bonds is 8. The zero-order valence-corrected chi connectivity index (χ0v) is 10.9. The summed E-state index contributed by atoms with van der Waals surface area (Å²) in [7, 11) is 1.56. The highest BCUT2D eigenvalue weighted by Crippen LogP contribution is 1.96. The van der Waals surface area contributed by atoms with Crippen LogP contribution in [0.1, 0.15) is 6.42 Å². The van der Waals surface area contributed by atoms with Gasteiger partial charge in [0.1, 0.15) is 6.54 Å². The van der Waals surface area contributed by atoms with Gasteiger partial charge in [0.05, 0.1) is 18.5 Å². The van der Waals surface area contributed by atoms with E-state index in [9.17, 15) is 9.59 Å². The molecule has 0 aromatic carbocycles. The average Bonchev–Trinajstić information content (AvgIpc) is 2.75. The molecule has 0 radical (unpaired) electrons. The molecule has 106 valence electrons. The minimum Gasteiger partial charge on any atom is -0.396 e. The first-order valence-electron chi connectivity index (χ1n) is 5.92. The number of nitrogens with one attached hydrogen (secondary N) is 2. The Morgan fingerprint density at radius 2 is 2.11 bits per heavy atom. The molecule has 0 spiro atoms. The quantitative estimate of drug-likeness (QED) is 0.510. The summed E-state index contributed by atoms with van der Waals surface area (Å²) in [5.74, 6) is -0.339. The van der Waals surface area contributed by atoms with Gasteiger partial charge in [0.25, 0.3) is 0 Å². The molecule has 0 aliphatic heterocycles. The molecule has 0 aliphatic rings. The van der Waals surface area contributed by atoms with Crippen LogP contribution in [-0.2, 0) is 20.9 Å². The van der Waals surface area contributed by atoms with Crippen LogP contribution in [-0.4, -0.2) is 48.4 Å². The number of hydrogen-bond acceptors (Lipinski definition) is 5. The molecule has 1 aromatic heterocycles. The molecule has 8 heteroatoms. The van der Waals surface area contributed by atoms with Crippen LogP contribution >= 0.6 is 0 Å². The number of nitrogen functional groups attached to an aromatic ring is 1. The molecule has 0 saturated carbocycles. The first-order chi connectivity index (χ1) is 9.11. The Balaban J connectivity index is 2.11. The van der Waals surface area contributed by atoms with E-state index in [0.29, 0.717) is 18.8 Å². The van der Waals surface area contributed by atoms with E-state index in [1.807, 2.05) is 0 Å². The van der Waals surface area contributed by atoms with Crippen molar-refractivity contribution in [2.24, 2.45) is 0 Å². The summed E-state index contributed by atoms with van der Waals surface area (Å²) in [6.45, 7) is 1.31. The van der Waals surface area contributed by atoms with Crippen molar-refractivity contribution in [2.45, 2.75) is 13.0 Å². The van der Waals surface area contributed by atoms with Crippen molar-refractivity contribution in [3.8, 4) is 0 Å². The number of nitrogens with two attached hydrogens (primary N) is 1. The van der Waals surface area contributed by atoms with Gasteiger partial charge in [0.2, 0.25) is 11.8 Å². The Morgan fingerprint density at radius 1 is 1.37 bits per heavy atom. The summed E-state index contributed by atoms with van der Waals surface area (Å²) in [5.41, 5.74) is 5.98. The van der Waals surface area contributed by atoms with E-state index < -0.39 is 0 Å². The van der Waals surface area contributed by atoms with Crippen LogP contribution in [0.3, 0.4) is 0 Å². The maximum absolute atomic E-state index is 11.5. The van der Waals surface area contributed by atoms with Gasteiger partial charge < -0.3 is 21.1 Å². The molecule has 1 heterocycles. The van der Waals surface area contributed by atoms with Crippen LogP contribution in [0.5, 0.6) is 0 Å².